The van der Waals surface area contributed by atoms with E-state index in [1.165, 1.54) is 17.7 Å². The van der Waals surface area contributed by atoms with Crippen molar-refractivity contribution in [2.45, 2.75) is 6.92 Å². The Kier molecular flexibility index (Phi) is 5.09. The predicted molar refractivity (Wildman–Crippen MR) is 113 cm³/mol. The van der Waals surface area contributed by atoms with Gasteiger partial charge in [0.1, 0.15) is 5.75 Å². The van der Waals surface area contributed by atoms with Crippen molar-refractivity contribution in [3.8, 4) is 11.4 Å². The van der Waals surface area contributed by atoms with Crippen LogP contribution in [0.4, 0.5) is 5.69 Å². The zero-order valence-electron chi connectivity index (χ0n) is 16.0. The fraction of sp³-hybridized carbons (Fsp3) is 0.0435. The van der Waals surface area contributed by atoms with Gasteiger partial charge in [0.2, 0.25) is 5.91 Å². The molecule has 0 unspecified atom stereocenters. The number of hydrogen-bond acceptors (Lipinski definition) is 5. The molecule has 3 aromatic carbocycles. The van der Waals surface area contributed by atoms with Crippen LogP contribution in [0.25, 0.3) is 16.5 Å². The van der Waals surface area contributed by atoms with E-state index in [1.807, 2.05) is 6.07 Å². The van der Waals surface area contributed by atoms with E-state index in [1.54, 1.807) is 66.7 Å². The number of hydrogen-bond donors (Lipinski definition) is 1. The van der Waals surface area contributed by atoms with E-state index in [9.17, 15) is 14.4 Å². The molecule has 30 heavy (non-hydrogen) atoms. The second kappa shape index (κ2) is 8.00. The van der Waals surface area contributed by atoms with E-state index in [0.29, 0.717) is 22.1 Å². The highest BCUT2D eigenvalue weighted by Crippen LogP contribution is 2.21. The van der Waals surface area contributed by atoms with Crippen molar-refractivity contribution in [2.24, 2.45) is 0 Å². The van der Waals surface area contributed by atoms with Crippen molar-refractivity contribution >= 4 is 28.3 Å². The summed E-state index contributed by atoms with van der Waals surface area (Å²) in [5, 5.41) is 7.69. The van der Waals surface area contributed by atoms with Crippen LogP contribution in [0.2, 0.25) is 0 Å². The first-order valence-electron chi connectivity index (χ1n) is 9.20. The average molecular weight is 399 g/mol. The van der Waals surface area contributed by atoms with Crippen LogP contribution in [-0.2, 0) is 4.79 Å². The maximum atomic E-state index is 13.0. The Bertz CT molecular complexity index is 1310. The SMILES string of the molecule is CC(=O)Nc1cccc(OC(=O)c2nn(-c3ccccc3)c(=O)c3ccccc23)c1. The lowest BCUT2D eigenvalue weighted by Gasteiger charge is -2.11. The largest absolute Gasteiger partial charge is 0.422 e. The second-order valence-corrected chi connectivity index (χ2v) is 6.55. The van der Waals surface area contributed by atoms with Gasteiger partial charge in [-0.1, -0.05) is 42.5 Å². The number of nitrogens with zero attached hydrogens (tertiary/aromatic N) is 2. The first-order valence-corrected chi connectivity index (χ1v) is 9.20. The minimum Gasteiger partial charge on any atom is -0.422 e. The van der Waals surface area contributed by atoms with E-state index in [0.717, 1.165) is 0 Å². The number of carbonyl (C=O) groups is 2. The van der Waals surface area contributed by atoms with Crippen molar-refractivity contribution in [2.75, 3.05) is 5.32 Å². The molecule has 7 heteroatoms. The molecule has 0 spiro atoms. The molecule has 0 saturated heterocycles. The zero-order valence-corrected chi connectivity index (χ0v) is 16.0. The van der Waals surface area contributed by atoms with Crippen LogP contribution in [0.1, 0.15) is 17.4 Å². The predicted octanol–water partition coefficient (Wildman–Crippen LogP) is 3.56. The standard InChI is InChI=1S/C23H17N3O4/c1-15(27)24-16-8-7-11-18(14-16)30-23(29)21-19-12-5-6-13-20(19)22(28)26(25-21)17-9-3-2-4-10-17/h2-14H,1H3,(H,24,27). The smallest absolute Gasteiger partial charge is 0.364 e. The van der Waals surface area contributed by atoms with Gasteiger partial charge in [-0.3, -0.25) is 9.59 Å². The summed E-state index contributed by atoms with van der Waals surface area (Å²) in [6, 6.07) is 22.1. The average Bonchev–Trinajstić information content (AvgIpc) is 2.74. The van der Waals surface area contributed by atoms with Gasteiger partial charge in [0.15, 0.2) is 5.69 Å². The number of para-hydroxylation sites is 1. The molecule has 0 aliphatic rings. The van der Waals surface area contributed by atoms with Crippen molar-refractivity contribution in [3.05, 3.63) is 94.9 Å². The molecule has 1 amide bonds. The molecule has 0 fully saturated rings. The van der Waals surface area contributed by atoms with Crippen molar-refractivity contribution < 1.29 is 14.3 Å². The number of anilines is 1. The molecule has 0 radical (unpaired) electrons. The Balaban J connectivity index is 1.78. The summed E-state index contributed by atoms with van der Waals surface area (Å²) in [7, 11) is 0. The molecule has 0 atom stereocenters. The number of carbonyl (C=O) groups excluding carboxylic acids is 2. The molecular weight excluding hydrogens is 382 g/mol. The molecule has 0 bridgehead atoms. The molecular formula is C23H17N3O4. The molecule has 0 aliphatic carbocycles. The Hall–Kier alpha value is -4.26. The molecule has 0 saturated carbocycles. The fourth-order valence-electron chi connectivity index (χ4n) is 3.08. The summed E-state index contributed by atoms with van der Waals surface area (Å²) in [6.07, 6.45) is 0. The molecule has 1 aromatic heterocycles. The number of nitrogens with one attached hydrogen (secondary N) is 1. The minimum absolute atomic E-state index is 0.0129. The van der Waals surface area contributed by atoms with Gasteiger partial charge in [-0.2, -0.15) is 9.78 Å². The van der Waals surface area contributed by atoms with Crippen LogP contribution in [-0.4, -0.2) is 21.7 Å². The summed E-state index contributed by atoms with van der Waals surface area (Å²) in [4.78, 5) is 37.1. The quantitative estimate of drug-likeness (QED) is 0.419. The van der Waals surface area contributed by atoms with Gasteiger partial charge in [0, 0.05) is 24.1 Å². The summed E-state index contributed by atoms with van der Waals surface area (Å²) in [6.45, 7) is 1.39. The normalized spacial score (nSPS) is 10.6. The van der Waals surface area contributed by atoms with E-state index >= 15 is 0 Å². The summed E-state index contributed by atoms with van der Waals surface area (Å²) < 4.78 is 6.68. The third-order valence-corrected chi connectivity index (χ3v) is 4.36. The lowest BCUT2D eigenvalue weighted by molar-refractivity contribution is -0.114. The van der Waals surface area contributed by atoms with E-state index in [4.69, 9.17) is 4.74 Å². The van der Waals surface area contributed by atoms with E-state index in [2.05, 4.69) is 10.4 Å². The maximum Gasteiger partial charge on any atom is 0.364 e. The number of benzene rings is 3. The van der Waals surface area contributed by atoms with Crippen LogP contribution >= 0.6 is 0 Å². The van der Waals surface area contributed by atoms with E-state index in [-0.39, 0.29) is 22.9 Å². The van der Waals surface area contributed by atoms with Crippen molar-refractivity contribution in [1.82, 2.24) is 9.78 Å². The minimum atomic E-state index is -0.712. The Morgan fingerprint density at radius 3 is 2.33 bits per heavy atom. The lowest BCUT2D eigenvalue weighted by atomic mass is 10.1. The van der Waals surface area contributed by atoms with Crippen molar-refractivity contribution in [3.63, 3.8) is 0 Å². The number of rotatable bonds is 4. The molecule has 4 aromatic rings. The highest BCUT2D eigenvalue weighted by molar-refractivity contribution is 6.03. The molecule has 1 heterocycles. The zero-order chi connectivity index (χ0) is 21.1. The monoisotopic (exact) mass is 399 g/mol. The number of fused-ring (bicyclic) bond motifs is 1. The summed E-state index contributed by atoms with van der Waals surface area (Å²) in [5.74, 6) is -0.702. The van der Waals surface area contributed by atoms with Gasteiger partial charge in [-0.25, -0.2) is 4.79 Å². The van der Waals surface area contributed by atoms with Crippen LogP contribution in [0, 0.1) is 0 Å². The van der Waals surface area contributed by atoms with Gasteiger partial charge in [0.25, 0.3) is 5.56 Å². The van der Waals surface area contributed by atoms with Crippen LogP contribution in [0.15, 0.2) is 83.7 Å². The van der Waals surface area contributed by atoms with Gasteiger partial charge < -0.3 is 10.1 Å². The van der Waals surface area contributed by atoms with Crippen LogP contribution < -0.4 is 15.6 Å². The number of ether oxygens (including phenoxy) is 1. The Morgan fingerprint density at radius 1 is 0.900 bits per heavy atom. The van der Waals surface area contributed by atoms with Gasteiger partial charge in [-0.05, 0) is 30.3 Å². The van der Waals surface area contributed by atoms with E-state index < -0.39 is 5.97 Å². The number of esters is 1. The first kappa shape index (κ1) is 19.1. The van der Waals surface area contributed by atoms with Crippen molar-refractivity contribution in [1.29, 1.82) is 0 Å². The molecule has 1 N–H and O–H groups in total. The van der Waals surface area contributed by atoms with Crippen LogP contribution in [0.5, 0.6) is 5.75 Å². The highest BCUT2D eigenvalue weighted by atomic mass is 16.5. The third-order valence-electron chi connectivity index (χ3n) is 4.36. The van der Waals surface area contributed by atoms with Crippen LogP contribution in [0.3, 0.4) is 0 Å². The highest BCUT2D eigenvalue weighted by Gasteiger charge is 2.19. The van der Waals surface area contributed by atoms with Gasteiger partial charge in [-0.15, -0.1) is 0 Å². The number of amides is 1. The third kappa shape index (κ3) is 3.81. The fourth-order valence-corrected chi connectivity index (χ4v) is 3.08. The maximum absolute atomic E-state index is 13.0. The second-order valence-electron chi connectivity index (χ2n) is 6.55. The van der Waals surface area contributed by atoms with Gasteiger partial charge in [0.05, 0.1) is 11.1 Å². The number of aromatic nitrogens is 2. The summed E-state index contributed by atoms with van der Waals surface area (Å²) >= 11 is 0. The first-order chi connectivity index (χ1) is 14.5. The van der Waals surface area contributed by atoms with Gasteiger partial charge >= 0.3 is 5.97 Å². The Morgan fingerprint density at radius 2 is 1.60 bits per heavy atom. The topological polar surface area (TPSA) is 90.3 Å². The molecule has 148 valence electrons. The molecule has 4 rings (SSSR count). The lowest BCUT2D eigenvalue weighted by Crippen LogP contribution is -2.25. The molecule has 7 nitrogen and oxygen atoms in total. The summed E-state index contributed by atoms with van der Waals surface area (Å²) in [5.41, 5.74) is 0.717. The molecule has 0 aliphatic heterocycles. The Labute approximate surface area is 171 Å².